The highest BCUT2D eigenvalue weighted by Crippen LogP contribution is 2.49. The molecule has 0 radical (unpaired) electrons. The van der Waals surface area contributed by atoms with Crippen LogP contribution in [0.1, 0.15) is 36.8 Å². The van der Waals surface area contributed by atoms with Crippen molar-refractivity contribution < 1.29 is 23.8 Å². The number of hydrogen-bond donors (Lipinski definition) is 1. The highest BCUT2D eigenvalue weighted by molar-refractivity contribution is 6.07. The first-order valence-electron chi connectivity index (χ1n) is 9.44. The molecular formula is C20H26N2O5. The molecule has 2 N–H and O–H groups in total. The van der Waals surface area contributed by atoms with Crippen LogP contribution in [-0.2, 0) is 26.3 Å². The molecule has 0 unspecified atom stereocenters. The number of carbonyl (C=O) groups is 2. The average Bonchev–Trinajstić information content (AvgIpc) is 3.49. The van der Waals surface area contributed by atoms with Gasteiger partial charge in [0.2, 0.25) is 11.8 Å². The van der Waals surface area contributed by atoms with E-state index in [0.29, 0.717) is 51.1 Å². The van der Waals surface area contributed by atoms with E-state index in [2.05, 4.69) is 0 Å². The number of hydrogen-bond acceptors (Lipinski definition) is 5. The van der Waals surface area contributed by atoms with Crippen LogP contribution in [-0.4, -0.2) is 50.6 Å². The Morgan fingerprint density at radius 1 is 1.07 bits per heavy atom. The number of carbonyl (C=O) groups excluding carboxylic acids is 2. The fourth-order valence-corrected chi connectivity index (χ4v) is 4.46. The van der Waals surface area contributed by atoms with Gasteiger partial charge in [-0.15, -0.1) is 0 Å². The molecule has 3 aliphatic rings. The van der Waals surface area contributed by atoms with Crippen LogP contribution in [0.15, 0.2) is 12.1 Å². The Bertz CT molecular complexity index is 779. The molecule has 2 fully saturated rings. The van der Waals surface area contributed by atoms with Crippen molar-refractivity contribution in [3.8, 4) is 11.5 Å². The van der Waals surface area contributed by atoms with Gasteiger partial charge in [-0.25, -0.2) is 0 Å². The number of ether oxygens (including phenoxy) is 3. The van der Waals surface area contributed by atoms with Gasteiger partial charge in [-0.1, -0.05) is 0 Å². The molecule has 1 saturated carbocycles. The van der Waals surface area contributed by atoms with Crippen LogP contribution in [0.4, 0.5) is 0 Å². The zero-order chi connectivity index (χ0) is 19.2. The fourth-order valence-electron chi connectivity index (χ4n) is 4.46. The van der Waals surface area contributed by atoms with E-state index >= 15 is 0 Å². The molecule has 2 heterocycles. The molecule has 1 aromatic carbocycles. The molecule has 146 valence electrons. The van der Waals surface area contributed by atoms with Crippen molar-refractivity contribution in [1.29, 1.82) is 0 Å². The van der Waals surface area contributed by atoms with E-state index in [0.717, 1.165) is 17.7 Å². The lowest BCUT2D eigenvalue weighted by molar-refractivity contribution is -0.149. The zero-order valence-corrected chi connectivity index (χ0v) is 15.9. The van der Waals surface area contributed by atoms with E-state index in [-0.39, 0.29) is 5.91 Å². The Balaban J connectivity index is 1.57. The number of rotatable bonds is 4. The summed E-state index contributed by atoms with van der Waals surface area (Å²) < 4.78 is 17.2. The Labute approximate surface area is 158 Å². The summed E-state index contributed by atoms with van der Waals surface area (Å²) in [6, 6.07) is 4.04. The summed E-state index contributed by atoms with van der Waals surface area (Å²) in [5, 5.41) is 0. The van der Waals surface area contributed by atoms with Gasteiger partial charge in [-0.05, 0) is 55.4 Å². The number of nitrogens with two attached hydrogens (primary N) is 1. The molecule has 1 aliphatic carbocycles. The molecular weight excluding hydrogens is 348 g/mol. The van der Waals surface area contributed by atoms with Gasteiger partial charge in [0.25, 0.3) is 0 Å². The average molecular weight is 374 g/mol. The van der Waals surface area contributed by atoms with E-state index < -0.39 is 16.9 Å². The first-order valence-corrected chi connectivity index (χ1v) is 9.44. The molecule has 7 nitrogen and oxygen atoms in total. The minimum absolute atomic E-state index is 0.117. The second-order valence-electron chi connectivity index (χ2n) is 7.70. The standard InChI is InChI=1S/C20H26N2O5/c1-25-15-11-13-3-10-27-20(14(13)12-16(15)26-2)6-8-22(9-7-20)18(24)19(4-5-19)17(21)23/h11-12H,3-10H2,1-2H3,(H2,21,23). The van der Waals surface area contributed by atoms with Crippen LogP contribution in [0.3, 0.4) is 0 Å². The minimum Gasteiger partial charge on any atom is -0.493 e. The summed E-state index contributed by atoms with van der Waals surface area (Å²) in [4.78, 5) is 26.2. The predicted octanol–water partition coefficient (Wildman–Crippen LogP) is 1.36. The van der Waals surface area contributed by atoms with Gasteiger partial charge in [-0.2, -0.15) is 0 Å². The summed E-state index contributed by atoms with van der Waals surface area (Å²) >= 11 is 0. The molecule has 0 bridgehead atoms. The van der Waals surface area contributed by atoms with E-state index in [1.54, 1.807) is 19.1 Å². The van der Waals surface area contributed by atoms with Crippen LogP contribution in [0, 0.1) is 5.41 Å². The van der Waals surface area contributed by atoms with Crippen molar-refractivity contribution >= 4 is 11.8 Å². The Morgan fingerprint density at radius 3 is 2.26 bits per heavy atom. The number of primary amides is 1. The van der Waals surface area contributed by atoms with Crippen LogP contribution < -0.4 is 15.2 Å². The largest absolute Gasteiger partial charge is 0.493 e. The number of likely N-dealkylation sites (tertiary alicyclic amines) is 1. The maximum atomic E-state index is 12.8. The summed E-state index contributed by atoms with van der Waals surface area (Å²) in [5.74, 6) is 0.792. The highest BCUT2D eigenvalue weighted by Gasteiger charge is 2.57. The summed E-state index contributed by atoms with van der Waals surface area (Å²) in [6.45, 7) is 1.75. The third-order valence-electron chi connectivity index (χ3n) is 6.34. The Kier molecular flexibility index (Phi) is 4.29. The lowest BCUT2D eigenvalue weighted by Crippen LogP contribution is -2.51. The molecule has 1 aromatic rings. The number of methoxy groups -OCH3 is 2. The van der Waals surface area contributed by atoms with Gasteiger partial charge in [0.1, 0.15) is 5.41 Å². The number of nitrogens with zero attached hydrogens (tertiary/aromatic N) is 1. The van der Waals surface area contributed by atoms with Gasteiger partial charge in [0.05, 0.1) is 26.4 Å². The topological polar surface area (TPSA) is 91.1 Å². The summed E-state index contributed by atoms with van der Waals surface area (Å²) in [6.07, 6.45) is 3.34. The lowest BCUT2D eigenvalue weighted by atomic mass is 9.79. The molecule has 0 aromatic heterocycles. The van der Waals surface area contributed by atoms with E-state index in [9.17, 15) is 9.59 Å². The Hall–Kier alpha value is -2.28. The third-order valence-corrected chi connectivity index (χ3v) is 6.34. The van der Waals surface area contributed by atoms with Crippen molar-refractivity contribution in [2.24, 2.45) is 11.1 Å². The van der Waals surface area contributed by atoms with E-state index in [1.165, 1.54) is 5.56 Å². The second kappa shape index (κ2) is 6.41. The van der Waals surface area contributed by atoms with Crippen molar-refractivity contribution in [3.63, 3.8) is 0 Å². The van der Waals surface area contributed by atoms with Gasteiger partial charge in [-0.3, -0.25) is 9.59 Å². The number of fused-ring (bicyclic) bond motifs is 2. The molecule has 4 rings (SSSR count). The maximum Gasteiger partial charge on any atom is 0.238 e. The summed E-state index contributed by atoms with van der Waals surface area (Å²) in [7, 11) is 3.26. The van der Waals surface area contributed by atoms with Crippen molar-refractivity contribution in [1.82, 2.24) is 4.90 Å². The van der Waals surface area contributed by atoms with Gasteiger partial charge >= 0.3 is 0 Å². The monoisotopic (exact) mass is 374 g/mol. The first kappa shape index (κ1) is 18.1. The Morgan fingerprint density at radius 2 is 1.70 bits per heavy atom. The van der Waals surface area contributed by atoms with E-state index in [4.69, 9.17) is 19.9 Å². The molecule has 27 heavy (non-hydrogen) atoms. The molecule has 7 heteroatoms. The van der Waals surface area contributed by atoms with Crippen LogP contribution in [0.25, 0.3) is 0 Å². The molecule has 2 aliphatic heterocycles. The minimum atomic E-state index is -0.952. The third kappa shape index (κ3) is 2.76. The molecule has 2 amide bonds. The van der Waals surface area contributed by atoms with Gasteiger partial charge in [0.15, 0.2) is 11.5 Å². The maximum absolute atomic E-state index is 12.8. The van der Waals surface area contributed by atoms with E-state index in [1.807, 2.05) is 12.1 Å². The number of piperidine rings is 1. The normalized spacial score (nSPS) is 22.1. The molecule has 1 saturated heterocycles. The predicted molar refractivity (Wildman–Crippen MR) is 97.6 cm³/mol. The van der Waals surface area contributed by atoms with Crippen molar-refractivity contribution in [3.05, 3.63) is 23.3 Å². The lowest BCUT2D eigenvalue weighted by Gasteiger charge is -2.45. The molecule has 1 spiro atoms. The van der Waals surface area contributed by atoms with Gasteiger partial charge in [0, 0.05) is 13.1 Å². The van der Waals surface area contributed by atoms with Crippen molar-refractivity contribution in [2.45, 2.75) is 37.7 Å². The van der Waals surface area contributed by atoms with Gasteiger partial charge < -0.3 is 24.8 Å². The quantitative estimate of drug-likeness (QED) is 0.804. The highest BCUT2D eigenvalue weighted by atomic mass is 16.5. The second-order valence-corrected chi connectivity index (χ2v) is 7.70. The smallest absolute Gasteiger partial charge is 0.238 e. The summed E-state index contributed by atoms with van der Waals surface area (Å²) in [5.41, 5.74) is 6.41. The fraction of sp³-hybridized carbons (Fsp3) is 0.600. The van der Waals surface area contributed by atoms with Crippen LogP contribution in [0.2, 0.25) is 0 Å². The molecule has 0 atom stereocenters. The number of amides is 2. The number of benzene rings is 1. The van der Waals surface area contributed by atoms with Crippen LogP contribution >= 0.6 is 0 Å². The zero-order valence-electron chi connectivity index (χ0n) is 15.9. The van der Waals surface area contributed by atoms with Crippen molar-refractivity contribution in [2.75, 3.05) is 33.9 Å². The first-order chi connectivity index (χ1) is 13.0. The SMILES string of the molecule is COc1cc2c(cc1OC)C1(CCN(C(=O)C3(C(N)=O)CC3)CC1)OCC2. The van der Waals surface area contributed by atoms with Crippen LogP contribution in [0.5, 0.6) is 11.5 Å².